The Labute approximate surface area is 151 Å². The van der Waals surface area contributed by atoms with Crippen LogP contribution in [0.2, 0.25) is 0 Å². The summed E-state index contributed by atoms with van der Waals surface area (Å²) in [5.41, 5.74) is 0.948. The lowest BCUT2D eigenvalue weighted by molar-refractivity contribution is -0.147. The van der Waals surface area contributed by atoms with Gasteiger partial charge in [0, 0.05) is 17.0 Å². The zero-order valence-corrected chi connectivity index (χ0v) is 15.6. The molecule has 1 N–H and O–H groups in total. The van der Waals surface area contributed by atoms with Gasteiger partial charge in [-0.25, -0.2) is 8.42 Å². The van der Waals surface area contributed by atoms with Crippen LogP contribution in [0.3, 0.4) is 0 Å². The normalized spacial score (nSPS) is 13.8. The van der Waals surface area contributed by atoms with Gasteiger partial charge in [-0.1, -0.05) is 6.92 Å². The molecule has 8 heteroatoms. The zero-order valence-electron chi connectivity index (χ0n) is 14.8. The highest BCUT2D eigenvalue weighted by Gasteiger charge is 2.31. The highest BCUT2D eigenvalue weighted by Crippen LogP contribution is 2.24. The molecule has 138 valence electrons. The molecule has 0 fully saturated rings. The summed E-state index contributed by atoms with van der Waals surface area (Å²) in [5.74, 6) is -2.96. The number of nitrogens with one attached hydrogen (secondary N) is 1. The maximum Gasteiger partial charge on any atom is 0.323 e. The van der Waals surface area contributed by atoms with Crippen molar-refractivity contribution in [3.05, 3.63) is 40.2 Å². The second kappa shape index (κ2) is 7.70. The number of carbonyl (C=O) groups is 1. The van der Waals surface area contributed by atoms with Gasteiger partial charge >= 0.3 is 5.97 Å². The van der Waals surface area contributed by atoms with E-state index in [2.05, 4.69) is 4.98 Å². The van der Waals surface area contributed by atoms with Crippen LogP contribution in [0.15, 0.2) is 34.0 Å². The lowest BCUT2D eigenvalue weighted by Crippen LogP contribution is -2.28. The van der Waals surface area contributed by atoms with Crippen LogP contribution < -0.4 is 5.56 Å². The molecular weight excluding hydrogens is 356 g/mol. The Morgan fingerprint density at radius 2 is 2.04 bits per heavy atom. The maximum absolute atomic E-state index is 12.7. The standard InChI is InChI=1S/C18H20N2O5S/c1-4-25-18(22)15(9-19)12(3)10-26(23,24)13-5-6-16-14(8-13)11(2)7-17(21)20-16/h5-8,12,15H,4,10H2,1-3H3,(H,20,21)/t12-,15+/m1/s1. The number of aryl methyl sites for hydroxylation is 1. The van der Waals surface area contributed by atoms with Gasteiger partial charge in [0.15, 0.2) is 9.84 Å². The van der Waals surface area contributed by atoms with Crippen molar-refractivity contribution in [1.29, 1.82) is 5.26 Å². The smallest absolute Gasteiger partial charge is 0.323 e. The zero-order chi connectivity index (χ0) is 19.5. The summed E-state index contributed by atoms with van der Waals surface area (Å²) in [6.07, 6.45) is 0. The number of hydrogen-bond acceptors (Lipinski definition) is 6. The number of nitrogens with zero attached hydrogens (tertiary/aromatic N) is 1. The SMILES string of the molecule is CCOC(=O)[C@@H](C#N)[C@H](C)CS(=O)(=O)c1ccc2[nH]c(=O)cc(C)c2c1. The van der Waals surface area contributed by atoms with Gasteiger partial charge in [-0.05, 0) is 43.5 Å². The quantitative estimate of drug-likeness (QED) is 0.770. The minimum absolute atomic E-state index is 0.0764. The van der Waals surface area contributed by atoms with E-state index in [9.17, 15) is 23.3 Å². The van der Waals surface area contributed by atoms with Crippen molar-refractivity contribution in [3.63, 3.8) is 0 Å². The van der Waals surface area contributed by atoms with E-state index >= 15 is 0 Å². The van der Waals surface area contributed by atoms with Crippen molar-refractivity contribution in [2.75, 3.05) is 12.4 Å². The molecular formula is C18H20N2O5S. The molecule has 26 heavy (non-hydrogen) atoms. The third-order valence-electron chi connectivity index (χ3n) is 4.11. The Morgan fingerprint density at radius 3 is 2.65 bits per heavy atom. The van der Waals surface area contributed by atoms with E-state index in [4.69, 9.17) is 4.74 Å². The third kappa shape index (κ3) is 4.11. The van der Waals surface area contributed by atoms with Crippen molar-refractivity contribution >= 4 is 26.7 Å². The number of aromatic amines is 1. The second-order valence-corrected chi connectivity index (χ2v) is 8.18. The summed E-state index contributed by atoms with van der Waals surface area (Å²) >= 11 is 0. The lowest BCUT2D eigenvalue weighted by Gasteiger charge is -2.16. The van der Waals surface area contributed by atoms with E-state index in [0.29, 0.717) is 16.5 Å². The van der Waals surface area contributed by atoms with Crippen LogP contribution in [-0.2, 0) is 19.4 Å². The largest absolute Gasteiger partial charge is 0.465 e. The van der Waals surface area contributed by atoms with Gasteiger partial charge in [0.05, 0.1) is 23.3 Å². The summed E-state index contributed by atoms with van der Waals surface area (Å²) in [6.45, 7) is 5.00. The first kappa shape index (κ1) is 19.7. The molecule has 2 rings (SSSR count). The first-order chi connectivity index (χ1) is 12.2. The number of esters is 1. The molecule has 0 aliphatic carbocycles. The number of pyridine rings is 1. The lowest BCUT2D eigenvalue weighted by atomic mass is 9.98. The Balaban J connectivity index is 2.35. The van der Waals surface area contributed by atoms with Gasteiger partial charge < -0.3 is 9.72 Å². The number of hydrogen-bond donors (Lipinski definition) is 1. The average Bonchev–Trinajstić information content (AvgIpc) is 2.54. The van der Waals surface area contributed by atoms with Crippen LogP contribution in [0.4, 0.5) is 0 Å². The van der Waals surface area contributed by atoms with Gasteiger partial charge in [-0.3, -0.25) is 9.59 Å². The van der Waals surface area contributed by atoms with Gasteiger partial charge in [0.2, 0.25) is 5.56 Å². The van der Waals surface area contributed by atoms with Gasteiger partial charge in [0.1, 0.15) is 5.92 Å². The summed E-state index contributed by atoms with van der Waals surface area (Å²) in [7, 11) is -3.73. The molecule has 0 amide bonds. The van der Waals surface area contributed by atoms with Crippen molar-refractivity contribution < 1.29 is 17.9 Å². The minimum atomic E-state index is -3.73. The van der Waals surface area contributed by atoms with Crippen LogP contribution in [-0.4, -0.2) is 31.7 Å². The topological polar surface area (TPSA) is 117 Å². The van der Waals surface area contributed by atoms with E-state index in [1.54, 1.807) is 13.8 Å². The van der Waals surface area contributed by atoms with Crippen LogP contribution >= 0.6 is 0 Å². The number of fused-ring (bicyclic) bond motifs is 1. The predicted molar refractivity (Wildman–Crippen MR) is 96.3 cm³/mol. The molecule has 1 aromatic carbocycles. The number of rotatable bonds is 6. The fraction of sp³-hybridized carbons (Fsp3) is 0.389. The van der Waals surface area contributed by atoms with E-state index in [1.165, 1.54) is 31.2 Å². The molecule has 7 nitrogen and oxygen atoms in total. The Morgan fingerprint density at radius 1 is 1.35 bits per heavy atom. The van der Waals surface area contributed by atoms with Crippen molar-refractivity contribution in [2.45, 2.75) is 25.7 Å². The minimum Gasteiger partial charge on any atom is -0.465 e. The number of ether oxygens (including phenoxy) is 1. The van der Waals surface area contributed by atoms with Gasteiger partial charge in [-0.2, -0.15) is 5.26 Å². The molecule has 0 saturated carbocycles. The molecule has 0 bridgehead atoms. The van der Waals surface area contributed by atoms with Crippen LogP contribution in [0.1, 0.15) is 19.4 Å². The number of benzene rings is 1. The summed E-state index contributed by atoms with van der Waals surface area (Å²) in [5, 5.41) is 9.81. The molecule has 0 aliphatic heterocycles. The van der Waals surface area contributed by atoms with Gasteiger partial charge in [-0.15, -0.1) is 0 Å². The van der Waals surface area contributed by atoms with Gasteiger partial charge in [0.25, 0.3) is 0 Å². The van der Waals surface area contributed by atoms with Crippen molar-refractivity contribution in [2.24, 2.45) is 11.8 Å². The second-order valence-electron chi connectivity index (χ2n) is 6.14. The number of nitriles is 1. The molecule has 0 saturated heterocycles. The molecule has 2 atom stereocenters. The fourth-order valence-corrected chi connectivity index (χ4v) is 4.43. The van der Waals surface area contributed by atoms with E-state index in [1.807, 2.05) is 6.07 Å². The molecule has 0 spiro atoms. The molecule has 1 aromatic heterocycles. The summed E-state index contributed by atoms with van der Waals surface area (Å²) in [4.78, 5) is 26.1. The van der Waals surface area contributed by atoms with E-state index < -0.39 is 27.6 Å². The van der Waals surface area contributed by atoms with Crippen molar-refractivity contribution in [3.8, 4) is 6.07 Å². The summed E-state index contributed by atoms with van der Waals surface area (Å²) < 4.78 is 30.3. The Hall–Kier alpha value is -2.66. The molecule has 0 aliphatic rings. The monoisotopic (exact) mass is 376 g/mol. The van der Waals surface area contributed by atoms with Crippen LogP contribution in [0.25, 0.3) is 10.9 Å². The summed E-state index contributed by atoms with van der Waals surface area (Å²) in [6, 6.07) is 7.66. The third-order valence-corrected chi connectivity index (χ3v) is 6.05. The van der Waals surface area contributed by atoms with E-state index in [0.717, 1.165) is 0 Å². The highest BCUT2D eigenvalue weighted by atomic mass is 32.2. The average molecular weight is 376 g/mol. The fourth-order valence-electron chi connectivity index (χ4n) is 2.78. The molecule has 0 unspecified atom stereocenters. The van der Waals surface area contributed by atoms with E-state index in [-0.39, 0.29) is 22.8 Å². The Bertz CT molecular complexity index is 1030. The highest BCUT2D eigenvalue weighted by molar-refractivity contribution is 7.91. The number of aromatic nitrogens is 1. The first-order valence-corrected chi connectivity index (χ1v) is 9.77. The molecule has 1 heterocycles. The van der Waals surface area contributed by atoms with Crippen molar-refractivity contribution in [1.82, 2.24) is 4.98 Å². The van der Waals surface area contributed by atoms with Crippen LogP contribution in [0.5, 0.6) is 0 Å². The number of H-pyrrole nitrogens is 1. The predicted octanol–water partition coefficient (Wildman–Crippen LogP) is 1.95. The molecule has 2 aromatic rings. The number of carbonyl (C=O) groups excluding carboxylic acids is 1. The Kier molecular flexibility index (Phi) is 5.83. The number of sulfone groups is 1. The van der Waals surface area contributed by atoms with Crippen LogP contribution in [0, 0.1) is 30.1 Å². The maximum atomic E-state index is 12.7. The first-order valence-electron chi connectivity index (χ1n) is 8.12. The molecule has 0 radical (unpaired) electrons.